The van der Waals surface area contributed by atoms with Crippen molar-refractivity contribution in [2.45, 2.75) is 71.1 Å². The SMILES string of the molecule is CCCCCCCCCCNc1cncc(-c2ccc3c(c2)CCC(=O)N3C)c1. The smallest absolute Gasteiger partial charge is 0.227 e. The highest BCUT2D eigenvalue weighted by Crippen LogP contribution is 2.31. The second kappa shape index (κ2) is 11.0. The van der Waals surface area contributed by atoms with Crippen LogP contribution in [-0.2, 0) is 11.2 Å². The zero-order chi connectivity index (χ0) is 20.5. The third kappa shape index (κ3) is 6.06. The number of unbranched alkanes of at least 4 members (excludes halogenated alkanes) is 7. The highest BCUT2D eigenvalue weighted by molar-refractivity contribution is 5.96. The Labute approximate surface area is 175 Å². The number of hydrogen-bond donors (Lipinski definition) is 1. The van der Waals surface area contributed by atoms with E-state index in [-0.39, 0.29) is 5.91 Å². The summed E-state index contributed by atoms with van der Waals surface area (Å²) in [7, 11) is 1.86. The van der Waals surface area contributed by atoms with E-state index in [1.165, 1.54) is 56.9 Å². The molecular weight excluding hydrogens is 358 g/mol. The second-order valence-corrected chi connectivity index (χ2v) is 8.16. The summed E-state index contributed by atoms with van der Waals surface area (Å²) in [5, 5.41) is 3.53. The van der Waals surface area contributed by atoms with E-state index in [2.05, 4.69) is 41.5 Å². The fourth-order valence-electron chi connectivity index (χ4n) is 4.02. The Balaban J connectivity index is 1.49. The van der Waals surface area contributed by atoms with Crippen LogP contribution in [-0.4, -0.2) is 24.5 Å². The third-order valence-electron chi connectivity index (χ3n) is 5.85. The van der Waals surface area contributed by atoms with Crippen molar-refractivity contribution in [3.05, 3.63) is 42.2 Å². The average Bonchev–Trinajstić information content (AvgIpc) is 2.75. The molecule has 0 fully saturated rings. The fourth-order valence-corrected chi connectivity index (χ4v) is 4.02. The summed E-state index contributed by atoms with van der Waals surface area (Å²) in [5.74, 6) is 0.194. The van der Waals surface area contributed by atoms with Gasteiger partial charge in [-0.15, -0.1) is 0 Å². The van der Waals surface area contributed by atoms with E-state index in [4.69, 9.17) is 0 Å². The molecule has 2 aromatic rings. The van der Waals surface area contributed by atoms with Crippen molar-refractivity contribution < 1.29 is 4.79 Å². The van der Waals surface area contributed by atoms with Gasteiger partial charge in [0.05, 0.1) is 5.69 Å². The molecule has 3 rings (SSSR count). The Kier molecular flexibility index (Phi) is 8.09. The quantitative estimate of drug-likeness (QED) is 0.462. The van der Waals surface area contributed by atoms with Crippen LogP contribution in [0.2, 0.25) is 0 Å². The predicted molar refractivity (Wildman–Crippen MR) is 123 cm³/mol. The fraction of sp³-hybridized carbons (Fsp3) is 0.520. The van der Waals surface area contributed by atoms with Crippen LogP contribution in [0.1, 0.15) is 70.3 Å². The molecule has 0 atom stereocenters. The Morgan fingerprint density at radius 2 is 1.69 bits per heavy atom. The highest BCUT2D eigenvalue weighted by Gasteiger charge is 2.20. The number of fused-ring (bicyclic) bond motifs is 1. The molecule has 1 aromatic carbocycles. The molecule has 1 aliphatic heterocycles. The molecule has 1 N–H and O–H groups in total. The lowest BCUT2D eigenvalue weighted by molar-refractivity contribution is -0.118. The first-order valence-corrected chi connectivity index (χ1v) is 11.3. The van der Waals surface area contributed by atoms with Gasteiger partial charge >= 0.3 is 0 Å². The van der Waals surface area contributed by atoms with Gasteiger partial charge in [-0.2, -0.15) is 0 Å². The molecule has 0 saturated carbocycles. The van der Waals surface area contributed by atoms with E-state index in [1.807, 2.05) is 19.4 Å². The standard InChI is InChI=1S/C25H35N3O/c1-3-4-5-6-7-8-9-10-15-27-23-17-22(18-26-19-23)20-11-13-24-21(16-20)12-14-25(29)28(24)2/h11,13,16-19,27H,3-10,12,14-15H2,1-2H3. The van der Waals surface area contributed by atoms with Gasteiger partial charge in [0.15, 0.2) is 0 Å². The van der Waals surface area contributed by atoms with E-state index >= 15 is 0 Å². The van der Waals surface area contributed by atoms with Crippen LogP contribution in [0.25, 0.3) is 11.1 Å². The molecule has 1 aromatic heterocycles. The first-order valence-electron chi connectivity index (χ1n) is 11.3. The zero-order valence-electron chi connectivity index (χ0n) is 18.0. The van der Waals surface area contributed by atoms with E-state index in [0.29, 0.717) is 6.42 Å². The van der Waals surface area contributed by atoms with Gasteiger partial charge in [0.1, 0.15) is 0 Å². The molecule has 156 valence electrons. The number of nitrogens with zero attached hydrogens (tertiary/aromatic N) is 2. The molecule has 29 heavy (non-hydrogen) atoms. The van der Waals surface area contributed by atoms with E-state index in [9.17, 15) is 4.79 Å². The summed E-state index contributed by atoms with van der Waals surface area (Å²) < 4.78 is 0. The number of nitrogens with one attached hydrogen (secondary N) is 1. The summed E-state index contributed by atoms with van der Waals surface area (Å²) in [6, 6.07) is 8.53. The number of pyridine rings is 1. The number of hydrogen-bond acceptors (Lipinski definition) is 3. The molecule has 0 spiro atoms. The van der Waals surface area contributed by atoms with Crippen LogP contribution in [0.3, 0.4) is 0 Å². The monoisotopic (exact) mass is 393 g/mol. The van der Waals surface area contributed by atoms with Gasteiger partial charge in [-0.1, -0.05) is 57.9 Å². The van der Waals surface area contributed by atoms with Crippen molar-refractivity contribution >= 4 is 17.3 Å². The normalized spacial score (nSPS) is 13.4. The van der Waals surface area contributed by atoms with Crippen LogP contribution >= 0.6 is 0 Å². The Morgan fingerprint density at radius 1 is 0.931 bits per heavy atom. The number of aromatic nitrogens is 1. The van der Waals surface area contributed by atoms with Gasteiger partial charge in [0.25, 0.3) is 0 Å². The van der Waals surface area contributed by atoms with Crippen LogP contribution in [0.4, 0.5) is 11.4 Å². The van der Waals surface area contributed by atoms with Gasteiger partial charge in [0.2, 0.25) is 5.91 Å². The molecule has 2 heterocycles. The Bertz CT molecular complexity index is 802. The van der Waals surface area contributed by atoms with Crippen molar-refractivity contribution in [3.63, 3.8) is 0 Å². The summed E-state index contributed by atoms with van der Waals surface area (Å²) >= 11 is 0. The number of carbonyl (C=O) groups excluding carboxylic acids is 1. The lowest BCUT2D eigenvalue weighted by atomic mass is 9.96. The van der Waals surface area contributed by atoms with Gasteiger partial charge in [0, 0.05) is 43.7 Å². The maximum absolute atomic E-state index is 11.9. The van der Waals surface area contributed by atoms with Crippen LogP contribution in [0.15, 0.2) is 36.7 Å². The van der Waals surface area contributed by atoms with Crippen LogP contribution in [0.5, 0.6) is 0 Å². The Morgan fingerprint density at radius 3 is 2.48 bits per heavy atom. The number of benzene rings is 1. The molecule has 4 heteroatoms. The molecule has 4 nitrogen and oxygen atoms in total. The lowest BCUT2D eigenvalue weighted by Crippen LogP contribution is -2.30. The van der Waals surface area contributed by atoms with E-state index in [1.54, 1.807) is 4.90 Å². The number of amides is 1. The molecule has 1 amide bonds. The second-order valence-electron chi connectivity index (χ2n) is 8.16. The van der Waals surface area contributed by atoms with Crippen LogP contribution in [0, 0.1) is 0 Å². The number of rotatable bonds is 11. The summed E-state index contributed by atoms with van der Waals surface area (Å²) in [6.07, 6.45) is 15.9. The maximum atomic E-state index is 11.9. The topological polar surface area (TPSA) is 45.2 Å². The van der Waals surface area contributed by atoms with E-state index in [0.717, 1.165) is 35.5 Å². The molecule has 0 radical (unpaired) electrons. The summed E-state index contributed by atoms with van der Waals surface area (Å²) in [5.41, 5.74) is 5.63. The molecular formula is C25H35N3O. The maximum Gasteiger partial charge on any atom is 0.227 e. The average molecular weight is 394 g/mol. The van der Waals surface area contributed by atoms with Gasteiger partial charge in [-0.05, 0) is 42.2 Å². The van der Waals surface area contributed by atoms with Crippen molar-refractivity contribution in [1.82, 2.24) is 4.98 Å². The zero-order valence-corrected chi connectivity index (χ0v) is 18.0. The van der Waals surface area contributed by atoms with E-state index < -0.39 is 0 Å². The number of carbonyl (C=O) groups is 1. The highest BCUT2D eigenvalue weighted by atomic mass is 16.2. The Hall–Kier alpha value is -2.36. The first kappa shape index (κ1) is 21.4. The molecule has 0 bridgehead atoms. The minimum absolute atomic E-state index is 0.194. The van der Waals surface area contributed by atoms with Crippen molar-refractivity contribution in [2.24, 2.45) is 0 Å². The van der Waals surface area contributed by atoms with Crippen molar-refractivity contribution in [1.29, 1.82) is 0 Å². The molecule has 0 aliphatic carbocycles. The van der Waals surface area contributed by atoms with Crippen molar-refractivity contribution in [2.75, 3.05) is 23.8 Å². The summed E-state index contributed by atoms with van der Waals surface area (Å²) in [6.45, 7) is 3.26. The van der Waals surface area contributed by atoms with Gasteiger partial charge < -0.3 is 10.2 Å². The molecule has 1 aliphatic rings. The third-order valence-corrected chi connectivity index (χ3v) is 5.85. The minimum atomic E-state index is 0.194. The lowest BCUT2D eigenvalue weighted by Gasteiger charge is -2.26. The summed E-state index contributed by atoms with van der Waals surface area (Å²) in [4.78, 5) is 18.1. The number of anilines is 2. The number of aryl methyl sites for hydroxylation is 1. The molecule has 0 saturated heterocycles. The predicted octanol–water partition coefficient (Wildman–Crippen LogP) is 6.21. The van der Waals surface area contributed by atoms with Gasteiger partial charge in [-0.25, -0.2) is 0 Å². The first-order chi connectivity index (χ1) is 14.2. The van der Waals surface area contributed by atoms with Gasteiger partial charge in [-0.3, -0.25) is 9.78 Å². The molecule has 0 unspecified atom stereocenters. The minimum Gasteiger partial charge on any atom is -0.384 e. The van der Waals surface area contributed by atoms with Crippen LogP contribution < -0.4 is 10.2 Å². The largest absolute Gasteiger partial charge is 0.384 e. The van der Waals surface area contributed by atoms with Crippen molar-refractivity contribution in [3.8, 4) is 11.1 Å².